The topological polar surface area (TPSA) is 37.4 Å². The minimum absolute atomic E-state index is 0.0147. The van der Waals surface area contributed by atoms with Crippen molar-refractivity contribution in [3.8, 4) is 0 Å². The standard InChI is InChI=1S/C15H11NO2S2/c17-14-11-5-9-3-1-2-4-10(9)6-13(11)20-15(18)12-7-19-8-16(12)14/h1-6,12H,7-8H2/t12-/m1/s1. The van der Waals surface area contributed by atoms with Crippen molar-refractivity contribution < 1.29 is 9.59 Å². The van der Waals surface area contributed by atoms with Crippen LogP contribution in [0.1, 0.15) is 10.4 Å². The van der Waals surface area contributed by atoms with Crippen molar-refractivity contribution >= 4 is 45.3 Å². The molecule has 20 heavy (non-hydrogen) atoms. The summed E-state index contributed by atoms with van der Waals surface area (Å²) in [5.74, 6) is 1.31. The van der Waals surface area contributed by atoms with E-state index in [1.807, 2.05) is 36.4 Å². The fourth-order valence-corrected chi connectivity index (χ4v) is 4.90. The van der Waals surface area contributed by atoms with E-state index in [0.29, 0.717) is 17.2 Å². The van der Waals surface area contributed by atoms with E-state index >= 15 is 0 Å². The number of benzene rings is 2. The van der Waals surface area contributed by atoms with E-state index in [0.717, 1.165) is 15.7 Å². The minimum atomic E-state index is -0.270. The monoisotopic (exact) mass is 301 g/mol. The van der Waals surface area contributed by atoms with Crippen LogP contribution in [-0.4, -0.2) is 33.6 Å². The first-order chi connectivity index (χ1) is 9.74. The largest absolute Gasteiger partial charge is 0.318 e. The third-order valence-electron chi connectivity index (χ3n) is 3.70. The number of carbonyl (C=O) groups excluding carboxylic acids is 2. The summed E-state index contributed by atoms with van der Waals surface area (Å²) in [5, 5.41) is 2.19. The summed E-state index contributed by atoms with van der Waals surface area (Å²) in [7, 11) is 0. The van der Waals surface area contributed by atoms with Gasteiger partial charge in [0.1, 0.15) is 6.04 Å². The predicted octanol–water partition coefficient (Wildman–Crippen LogP) is 2.99. The first-order valence-corrected chi connectivity index (χ1v) is 8.34. The summed E-state index contributed by atoms with van der Waals surface area (Å²) in [6.45, 7) is 0. The molecule has 3 nitrogen and oxygen atoms in total. The van der Waals surface area contributed by atoms with Crippen LogP contribution in [0.25, 0.3) is 10.8 Å². The van der Waals surface area contributed by atoms with Crippen LogP contribution in [0.2, 0.25) is 0 Å². The van der Waals surface area contributed by atoms with Crippen LogP contribution < -0.4 is 0 Å². The second-order valence-corrected chi connectivity index (χ2v) is 6.95. The summed E-state index contributed by atoms with van der Waals surface area (Å²) in [4.78, 5) is 27.4. The highest BCUT2D eigenvalue weighted by atomic mass is 32.2. The van der Waals surface area contributed by atoms with Crippen LogP contribution in [-0.2, 0) is 4.79 Å². The number of hydrogen-bond acceptors (Lipinski definition) is 4. The van der Waals surface area contributed by atoms with Gasteiger partial charge in [0, 0.05) is 10.6 Å². The Kier molecular flexibility index (Phi) is 2.79. The minimum Gasteiger partial charge on any atom is -0.318 e. The lowest BCUT2D eigenvalue weighted by Gasteiger charge is -2.19. The van der Waals surface area contributed by atoms with Crippen LogP contribution in [0.3, 0.4) is 0 Å². The third kappa shape index (κ3) is 1.77. The highest BCUT2D eigenvalue weighted by Crippen LogP contribution is 2.37. The van der Waals surface area contributed by atoms with E-state index in [2.05, 4.69) is 0 Å². The van der Waals surface area contributed by atoms with Crippen molar-refractivity contribution in [1.82, 2.24) is 4.90 Å². The number of nitrogens with zero attached hydrogens (tertiary/aromatic N) is 1. The molecule has 100 valence electrons. The van der Waals surface area contributed by atoms with E-state index < -0.39 is 0 Å². The Balaban J connectivity index is 1.94. The number of carbonyl (C=O) groups is 2. The molecule has 0 saturated carbocycles. The zero-order chi connectivity index (χ0) is 13.7. The second-order valence-electron chi connectivity index (χ2n) is 4.91. The number of rotatable bonds is 0. The van der Waals surface area contributed by atoms with Gasteiger partial charge in [0.15, 0.2) is 0 Å². The lowest BCUT2D eigenvalue weighted by atomic mass is 10.1. The van der Waals surface area contributed by atoms with E-state index in [4.69, 9.17) is 0 Å². The highest BCUT2D eigenvalue weighted by molar-refractivity contribution is 8.14. The maximum Gasteiger partial charge on any atom is 0.256 e. The molecule has 2 aromatic carbocycles. The van der Waals surface area contributed by atoms with Gasteiger partial charge >= 0.3 is 0 Å². The van der Waals surface area contributed by atoms with Crippen LogP contribution in [0.15, 0.2) is 41.3 Å². The molecule has 0 aromatic heterocycles. The van der Waals surface area contributed by atoms with E-state index in [9.17, 15) is 9.59 Å². The smallest absolute Gasteiger partial charge is 0.256 e. The fraction of sp³-hybridized carbons (Fsp3) is 0.200. The van der Waals surface area contributed by atoms with Crippen molar-refractivity contribution in [3.05, 3.63) is 42.0 Å². The lowest BCUT2D eigenvalue weighted by molar-refractivity contribution is -0.113. The molecule has 2 aliphatic rings. The fourth-order valence-electron chi connectivity index (χ4n) is 2.64. The van der Waals surface area contributed by atoms with E-state index in [-0.39, 0.29) is 17.1 Å². The Morgan fingerprint density at radius 1 is 1.10 bits per heavy atom. The van der Waals surface area contributed by atoms with Gasteiger partial charge in [-0.1, -0.05) is 24.3 Å². The molecular formula is C15H11NO2S2. The molecule has 0 unspecified atom stereocenters. The molecule has 5 heteroatoms. The normalized spacial score (nSPS) is 21.8. The molecule has 0 radical (unpaired) electrons. The maximum absolute atomic E-state index is 12.7. The molecule has 2 heterocycles. The van der Waals surface area contributed by atoms with Gasteiger partial charge in [-0.2, -0.15) is 0 Å². The molecule has 1 saturated heterocycles. The van der Waals surface area contributed by atoms with Crippen molar-refractivity contribution in [2.75, 3.05) is 11.6 Å². The van der Waals surface area contributed by atoms with Gasteiger partial charge in [-0.3, -0.25) is 9.59 Å². The Bertz CT molecular complexity index is 744. The predicted molar refractivity (Wildman–Crippen MR) is 82.1 cm³/mol. The van der Waals surface area contributed by atoms with Crippen LogP contribution >= 0.6 is 23.5 Å². The van der Waals surface area contributed by atoms with Gasteiger partial charge in [-0.25, -0.2) is 0 Å². The Hall–Kier alpha value is -1.46. The first kappa shape index (κ1) is 12.3. The van der Waals surface area contributed by atoms with E-state index in [1.165, 1.54) is 11.8 Å². The first-order valence-electron chi connectivity index (χ1n) is 6.37. The Labute approximate surface area is 124 Å². The lowest BCUT2D eigenvalue weighted by Crippen LogP contribution is -2.39. The average Bonchev–Trinajstić information content (AvgIpc) is 2.92. The van der Waals surface area contributed by atoms with Crippen molar-refractivity contribution in [2.24, 2.45) is 0 Å². The molecule has 0 spiro atoms. The van der Waals surface area contributed by atoms with Crippen molar-refractivity contribution in [3.63, 3.8) is 0 Å². The van der Waals surface area contributed by atoms with Gasteiger partial charge in [0.05, 0.1) is 11.4 Å². The van der Waals surface area contributed by atoms with Gasteiger partial charge < -0.3 is 4.90 Å². The summed E-state index contributed by atoms with van der Waals surface area (Å²) >= 11 is 2.86. The average molecular weight is 301 g/mol. The number of hydrogen-bond donors (Lipinski definition) is 0. The highest BCUT2D eigenvalue weighted by Gasteiger charge is 2.39. The Morgan fingerprint density at radius 3 is 2.65 bits per heavy atom. The van der Waals surface area contributed by atoms with Gasteiger partial charge in [0.25, 0.3) is 5.91 Å². The molecule has 1 fully saturated rings. The van der Waals surface area contributed by atoms with E-state index in [1.54, 1.807) is 16.7 Å². The Morgan fingerprint density at radius 2 is 1.85 bits per heavy atom. The summed E-state index contributed by atoms with van der Waals surface area (Å²) in [6.07, 6.45) is 0. The summed E-state index contributed by atoms with van der Waals surface area (Å²) < 4.78 is 0. The van der Waals surface area contributed by atoms with Crippen molar-refractivity contribution in [2.45, 2.75) is 10.9 Å². The molecule has 2 aromatic rings. The van der Waals surface area contributed by atoms with Crippen LogP contribution in [0, 0.1) is 0 Å². The molecule has 0 aliphatic carbocycles. The number of fused-ring (bicyclic) bond motifs is 3. The third-order valence-corrected chi connectivity index (χ3v) is 5.75. The molecule has 0 bridgehead atoms. The maximum atomic E-state index is 12.7. The van der Waals surface area contributed by atoms with Crippen LogP contribution in [0.5, 0.6) is 0 Å². The molecule has 1 amide bonds. The van der Waals surface area contributed by atoms with Gasteiger partial charge in [-0.15, -0.1) is 11.8 Å². The number of thioether (sulfide) groups is 2. The molecular weight excluding hydrogens is 290 g/mol. The molecule has 4 rings (SSSR count). The summed E-state index contributed by atoms with van der Waals surface area (Å²) in [6, 6.07) is 11.5. The van der Waals surface area contributed by atoms with Gasteiger partial charge in [-0.05, 0) is 34.7 Å². The summed E-state index contributed by atoms with van der Waals surface area (Å²) in [5.41, 5.74) is 0.659. The molecule has 0 N–H and O–H groups in total. The molecule has 1 atom stereocenters. The SMILES string of the molecule is O=C1Sc2cc3ccccc3cc2C(=O)N2CSC[C@H]12. The molecule has 2 aliphatic heterocycles. The van der Waals surface area contributed by atoms with Gasteiger partial charge in [0.2, 0.25) is 5.12 Å². The quantitative estimate of drug-likeness (QED) is 0.749. The number of amides is 1. The zero-order valence-electron chi connectivity index (χ0n) is 10.5. The second kappa shape index (κ2) is 4.53. The van der Waals surface area contributed by atoms with Crippen molar-refractivity contribution in [1.29, 1.82) is 0 Å². The van der Waals surface area contributed by atoms with Crippen LogP contribution in [0.4, 0.5) is 0 Å². The zero-order valence-corrected chi connectivity index (χ0v) is 12.2.